The highest BCUT2D eigenvalue weighted by Crippen LogP contribution is 2.78. The molecule has 1 aromatic carbocycles. The van der Waals surface area contributed by atoms with Gasteiger partial charge in [0.1, 0.15) is 17.1 Å². The number of hydrogen-bond acceptors (Lipinski definition) is 2. The highest BCUT2D eigenvalue weighted by molar-refractivity contribution is 5.61. The van der Waals surface area contributed by atoms with Gasteiger partial charge in [0.25, 0.3) is 0 Å². The highest BCUT2D eigenvalue weighted by atomic mass is 16.5. The Labute approximate surface area is 139 Å². The number of phenols is 1. The maximum Gasteiger partial charge on any atom is 0.124 e. The first-order valence-electron chi connectivity index (χ1n) is 9.33. The van der Waals surface area contributed by atoms with E-state index in [4.69, 9.17) is 4.74 Å². The number of hydrogen-bond donors (Lipinski definition) is 1. The molecule has 0 amide bonds. The van der Waals surface area contributed by atoms with E-state index in [9.17, 15) is 5.11 Å². The van der Waals surface area contributed by atoms with E-state index in [1.807, 2.05) is 12.1 Å². The summed E-state index contributed by atoms with van der Waals surface area (Å²) in [4.78, 5) is 0. The summed E-state index contributed by atoms with van der Waals surface area (Å²) in [6.45, 7) is 9.81. The lowest BCUT2D eigenvalue weighted by molar-refractivity contribution is -0.208. The molecule has 1 heterocycles. The van der Waals surface area contributed by atoms with Gasteiger partial charge in [0.2, 0.25) is 0 Å². The Hall–Kier alpha value is -1.18. The molecule has 5 unspecified atom stereocenters. The van der Waals surface area contributed by atoms with Gasteiger partial charge in [0.15, 0.2) is 0 Å². The first kappa shape index (κ1) is 14.2. The summed E-state index contributed by atoms with van der Waals surface area (Å²) in [6.07, 6.45) is 7.19. The number of benzene rings is 1. The van der Waals surface area contributed by atoms with Crippen LogP contribution >= 0.6 is 0 Å². The minimum Gasteiger partial charge on any atom is -0.508 e. The second-order valence-electron chi connectivity index (χ2n) is 9.39. The molecule has 5 atom stereocenters. The molecule has 124 valence electrons. The summed E-state index contributed by atoms with van der Waals surface area (Å²) >= 11 is 0. The number of phenolic OH excluding ortho intramolecular Hbond substituents is 1. The smallest absolute Gasteiger partial charge is 0.124 e. The molecule has 5 rings (SSSR count). The maximum atomic E-state index is 10.6. The van der Waals surface area contributed by atoms with Gasteiger partial charge in [-0.1, -0.05) is 20.8 Å². The summed E-state index contributed by atoms with van der Waals surface area (Å²) in [5, 5.41) is 10.6. The predicted molar refractivity (Wildman–Crippen MR) is 91.0 cm³/mol. The van der Waals surface area contributed by atoms with E-state index in [-0.39, 0.29) is 21.8 Å². The van der Waals surface area contributed by atoms with Gasteiger partial charge in [0, 0.05) is 22.0 Å². The topological polar surface area (TPSA) is 29.5 Å². The molecule has 0 radical (unpaired) electrons. The molecule has 23 heavy (non-hydrogen) atoms. The van der Waals surface area contributed by atoms with Gasteiger partial charge in [-0.15, -0.1) is 0 Å². The minimum atomic E-state index is -0.0712. The monoisotopic (exact) mass is 312 g/mol. The van der Waals surface area contributed by atoms with E-state index in [2.05, 4.69) is 27.7 Å². The van der Waals surface area contributed by atoms with E-state index in [1.165, 1.54) is 36.8 Å². The lowest BCUT2D eigenvalue weighted by atomic mass is 9.36. The number of ether oxygens (including phenoxy) is 1. The third-order valence-corrected chi connectivity index (χ3v) is 9.01. The van der Waals surface area contributed by atoms with E-state index >= 15 is 0 Å². The van der Waals surface area contributed by atoms with Crippen molar-refractivity contribution < 1.29 is 9.84 Å². The summed E-state index contributed by atoms with van der Waals surface area (Å²) in [7, 11) is 0. The van der Waals surface area contributed by atoms with Gasteiger partial charge in [-0.3, -0.25) is 0 Å². The minimum absolute atomic E-state index is 0.0712. The molecule has 1 spiro atoms. The lowest BCUT2D eigenvalue weighted by Gasteiger charge is -2.71. The number of rotatable bonds is 0. The molecule has 1 aliphatic heterocycles. The Balaban J connectivity index is 1.94. The molecule has 1 N–H and O–H groups in total. The maximum absolute atomic E-state index is 10.6. The van der Waals surface area contributed by atoms with Gasteiger partial charge >= 0.3 is 0 Å². The van der Waals surface area contributed by atoms with Crippen LogP contribution in [-0.2, 0) is 11.8 Å². The van der Waals surface area contributed by atoms with Crippen LogP contribution in [0.3, 0.4) is 0 Å². The zero-order valence-electron chi connectivity index (χ0n) is 14.8. The molecule has 3 aliphatic carbocycles. The molecule has 2 fully saturated rings. The van der Waals surface area contributed by atoms with Gasteiger partial charge in [-0.05, 0) is 68.9 Å². The van der Waals surface area contributed by atoms with Crippen molar-refractivity contribution >= 4 is 0 Å². The average Bonchev–Trinajstić information content (AvgIpc) is 2.77. The van der Waals surface area contributed by atoms with Crippen LogP contribution in [0.1, 0.15) is 70.9 Å². The summed E-state index contributed by atoms with van der Waals surface area (Å²) in [6, 6.07) is 3.89. The molecule has 4 aliphatic rings. The standard InChI is InChI=1S/C21H28O2/c1-13-8-11-19(3)20(4)9-5-10-21(19)17-14(12-18(13,21)2)15(22)6-7-16(17)23-20/h6-7,13,22H,5,8-12H2,1-4H3. The Bertz CT molecular complexity index is 725. The van der Waals surface area contributed by atoms with Gasteiger partial charge < -0.3 is 9.84 Å². The van der Waals surface area contributed by atoms with Crippen molar-refractivity contribution in [3.05, 3.63) is 23.3 Å². The van der Waals surface area contributed by atoms with Crippen molar-refractivity contribution in [2.75, 3.05) is 0 Å². The highest BCUT2D eigenvalue weighted by Gasteiger charge is 2.76. The van der Waals surface area contributed by atoms with Crippen LogP contribution in [0.15, 0.2) is 12.1 Å². The average molecular weight is 312 g/mol. The van der Waals surface area contributed by atoms with Crippen LogP contribution in [0.5, 0.6) is 11.5 Å². The Morgan fingerprint density at radius 1 is 1.13 bits per heavy atom. The van der Waals surface area contributed by atoms with Crippen LogP contribution in [0.4, 0.5) is 0 Å². The molecular weight excluding hydrogens is 284 g/mol. The van der Waals surface area contributed by atoms with E-state index in [0.29, 0.717) is 11.7 Å². The first-order valence-corrected chi connectivity index (χ1v) is 9.33. The largest absolute Gasteiger partial charge is 0.508 e. The van der Waals surface area contributed by atoms with Crippen molar-refractivity contribution in [2.24, 2.45) is 16.7 Å². The van der Waals surface area contributed by atoms with Crippen LogP contribution in [0.25, 0.3) is 0 Å². The molecule has 0 saturated heterocycles. The summed E-state index contributed by atoms with van der Waals surface area (Å²) < 4.78 is 6.69. The van der Waals surface area contributed by atoms with Crippen molar-refractivity contribution in [2.45, 2.75) is 77.2 Å². The molecule has 1 aromatic rings. The molecule has 2 saturated carbocycles. The van der Waals surface area contributed by atoms with Gasteiger partial charge in [0.05, 0.1) is 0 Å². The summed E-state index contributed by atoms with van der Waals surface area (Å²) in [5.74, 6) is 2.24. The van der Waals surface area contributed by atoms with Crippen molar-refractivity contribution in [3.63, 3.8) is 0 Å². The molecule has 2 nitrogen and oxygen atoms in total. The Kier molecular flexibility index (Phi) is 2.30. The first-order chi connectivity index (χ1) is 10.8. The fraction of sp³-hybridized carbons (Fsp3) is 0.714. The van der Waals surface area contributed by atoms with E-state index < -0.39 is 0 Å². The zero-order valence-corrected chi connectivity index (χ0v) is 14.8. The number of aromatic hydroxyl groups is 1. The second kappa shape index (κ2) is 3.73. The SMILES string of the molecule is CC1CCC2(C)C3(C)CCCC24c2c(ccc(O)c2CC14C)O3. The second-order valence-corrected chi connectivity index (χ2v) is 9.39. The fourth-order valence-electron chi connectivity index (χ4n) is 7.46. The van der Waals surface area contributed by atoms with Crippen LogP contribution in [0.2, 0.25) is 0 Å². The third-order valence-electron chi connectivity index (χ3n) is 9.01. The van der Waals surface area contributed by atoms with E-state index in [1.54, 1.807) is 0 Å². The lowest BCUT2D eigenvalue weighted by Crippen LogP contribution is -2.71. The predicted octanol–water partition coefficient (Wildman–Crippen LogP) is 4.96. The third kappa shape index (κ3) is 1.19. The van der Waals surface area contributed by atoms with Crippen LogP contribution in [-0.4, -0.2) is 10.7 Å². The van der Waals surface area contributed by atoms with E-state index in [0.717, 1.165) is 18.6 Å². The van der Waals surface area contributed by atoms with Crippen molar-refractivity contribution in [1.29, 1.82) is 0 Å². The fourth-order valence-corrected chi connectivity index (χ4v) is 7.46. The molecule has 0 aromatic heterocycles. The normalized spacial score (nSPS) is 49.5. The molecule has 2 bridgehead atoms. The van der Waals surface area contributed by atoms with Gasteiger partial charge in [-0.2, -0.15) is 0 Å². The Morgan fingerprint density at radius 2 is 1.91 bits per heavy atom. The van der Waals surface area contributed by atoms with Gasteiger partial charge in [-0.25, -0.2) is 0 Å². The van der Waals surface area contributed by atoms with Crippen LogP contribution in [0, 0.1) is 16.7 Å². The molecule has 2 heteroatoms. The zero-order chi connectivity index (χ0) is 16.3. The van der Waals surface area contributed by atoms with Crippen LogP contribution < -0.4 is 4.74 Å². The summed E-state index contributed by atoms with van der Waals surface area (Å²) in [5.41, 5.74) is 3.08. The van der Waals surface area contributed by atoms with Crippen molar-refractivity contribution in [3.8, 4) is 11.5 Å². The van der Waals surface area contributed by atoms with Crippen molar-refractivity contribution in [1.82, 2.24) is 0 Å². The quantitative estimate of drug-likeness (QED) is 0.733. The molecular formula is C21H28O2. The Morgan fingerprint density at radius 3 is 2.70 bits per heavy atom.